The summed E-state index contributed by atoms with van der Waals surface area (Å²) < 4.78 is 1.29. The van der Waals surface area contributed by atoms with Gasteiger partial charge >= 0.3 is 0 Å². The highest BCUT2D eigenvalue weighted by Gasteiger charge is 2.22. The Kier molecular flexibility index (Phi) is 5.24. The minimum Gasteiger partial charge on any atom is -0.348 e. The van der Waals surface area contributed by atoms with Gasteiger partial charge in [0.15, 0.2) is 0 Å². The van der Waals surface area contributed by atoms with Crippen molar-refractivity contribution in [2.24, 2.45) is 0 Å². The van der Waals surface area contributed by atoms with Gasteiger partial charge in [-0.05, 0) is 25.1 Å². The van der Waals surface area contributed by atoms with Crippen LogP contribution in [0.4, 0.5) is 5.69 Å². The van der Waals surface area contributed by atoms with Crippen LogP contribution in [0.5, 0.6) is 0 Å². The maximum absolute atomic E-state index is 12.2. The lowest BCUT2D eigenvalue weighted by Crippen LogP contribution is -2.36. The molecule has 122 valence electrons. The van der Waals surface area contributed by atoms with E-state index in [1.807, 2.05) is 0 Å². The molecule has 9 nitrogen and oxygen atoms in total. The van der Waals surface area contributed by atoms with Crippen LogP contribution in [0.15, 0.2) is 30.9 Å². The van der Waals surface area contributed by atoms with Crippen LogP contribution in [0.25, 0.3) is 5.69 Å². The molecule has 1 aliphatic heterocycles. The second kappa shape index (κ2) is 7.16. The normalized spacial score (nSPS) is 16.6. The average molecular weight is 339 g/mol. The minimum absolute atomic E-state index is 0. The van der Waals surface area contributed by atoms with Crippen molar-refractivity contribution in [2.75, 3.05) is 13.1 Å². The van der Waals surface area contributed by atoms with Gasteiger partial charge in [0.05, 0.1) is 4.92 Å². The fraction of sp³-hybridized carbons (Fsp3) is 0.308. The molecule has 1 aliphatic rings. The topological polar surface area (TPSA) is 115 Å². The van der Waals surface area contributed by atoms with Gasteiger partial charge in [-0.2, -0.15) is 5.10 Å². The van der Waals surface area contributed by atoms with Crippen LogP contribution in [0.3, 0.4) is 0 Å². The van der Waals surface area contributed by atoms with Crippen molar-refractivity contribution >= 4 is 24.0 Å². The van der Waals surface area contributed by atoms with Crippen LogP contribution in [-0.2, 0) is 0 Å². The molecule has 0 aliphatic carbocycles. The van der Waals surface area contributed by atoms with Crippen molar-refractivity contribution in [3.05, 3.63) is 46.5 Å². The first-order chi connectivity index (χ1) is 10.6. The molecule has 1 unspecified atom stereocenters. The number of amides is 1. The fourth-order valence-corrected chi connectivity index (χ4v) is 2.38. The molecular formula is C13H15ClN6O3. The molecule has 2 N–H and O–H groups in total. The minimum atomic E-state index is -0.537. The summed E-state index contributed by atoms with van der Waals surface area (Å²) >= 11 is 0. The van der Waals surface area contributed by atoms with Gasteiger partial charge in [-0.1, -0.05) is 0 Å². The highest BCUT2D eigenvalue weighted by Crippen LogP contribution is 2.23. The first-order valence-corrected chi connectivity index (χ1v) is 6.80. The van der Waals surface area contributed by atoms with Crippen LogP contribution in [0, 0.1) is 10.1 Å². The smallest absolute Gasteiger partial charge is 0.295 e. The standard InChI is InChI=1S/C13H14N6O3.ClH/c20-13(17-10-3-4-14-6-10)9-1-2-11(12(5-9)19(21)22)18-8-15-7-16-18;/h1-2,5,7-8,10,14H,3-4,6H2,(H,17,20);1H. The van der Waals surface area contributed by atoms with Crippen molar-refractivity contribution in [1.82, 2.24) is 25.4 Å². The number of carbonyl (C=O) groups is 1. The Balaban J connectivity index is 0.00000192. The van der Waals surface area contributed by atoms with Gasteiger partial charge < -0.3 is 10.6 Å². The zero-order valence-electron chi connectivity index (χ0n) is 12.0. The lowest BCUT2D eigenvalue weighted by molar-refractivity contribution is -0.384. The fourth-order valence-electron chi connectivity index (χ4n) is 2.38. The predicted molar refractivity (Wildman–Crippen MR) is 84.0 cm³/mol. The second-order valence-corrected chi connectivity index (χ2v) is 4.96. The van der Waals surface area contributed by atoms with Crippen LogP contribution in [0.2, 0.25) is 0 Å². The Bertz CT molecular complexity index is 700. The van der Waals surface area contributed by atoms with Gasteiger partial charge in [-0.3, -0.25) is 14.9 Å². The van der Waals surface area contributed by atoms with Crippen molar-refractivity contribution in [2.45, 2.75) is 12.5 Å². The number of hydrogen-bond acceptors (Lipinski definition) is 6. The van der Waals surface area contributed by atoms with E-state index in [0.717, 1.165) is 13.0 Å². The van der Waals surface area contributed by atoms with Crippen LogP contribution in [-0.4, -0.2) is 44.7 Å². The van der Waals surface area contributed by atoms with E-state index in [0.29, 0.717) is 6.54 Å². The quantitative estimate of drug-likeness (QED) is 0.626. The lowest BCUT2D eigenvalue weighted by Gasteiger charge is -2.11. The molecule has 2 heterocycles. The molecule has 0 spiro atoms. The van der Waals surface area contributed by atoms with Crippen molar-refractivity contribution in [3.63, 3.8) is 0 Å². The molecule has 0 saturated carbocycles. The van der Waals surface area contributed by atoms with Gasteiger partial charge in [-0.15, -0.1) is 12.4 Å². The van der Waals surface area contributed by atoms with Crippen LogP contribution in [0.1, 0.15) is 16.8 Å². The summed E-state index contributed by atoms with van der Waals surface area (Å²) in [7, 11) is 0. The summed E-state index contributed by atoms with van der Waals surface area (Å²) in [5, 5.41) is 21.1. The Labute approximate surface area is 137 Å². The summed E-state index contributed by atoms with van der Waals surface area (Å²) in [5.41, 5.74) is 0.326. The van der Waals surface area contributed by atoms with Gasteiger partial charge in [0, 0.05) is 24.2 Å². The molecule has 0 bridgehead atoms. The number of halogens is 1. The highest BCUT2D eigenvalue weighted by molar-refractivity contribution is 5.95. The van der Waals surface area contributed by atoms with Crippen LogP contribution >= 0.6 is 12.4 Å². The highest BCUT2D eigenvalue weighted by atomic mass is 35.5. The molecule has 1 fully saturated rings. The first kappa shape index (κ1) is 16.8. The van der Waals surface area contributed by atoms with E-state index >= 15 is 0 Å². The number of nitrogens with zero attached hydrogens (tertiary/aromatic N) is 4. The number of aromatic nitrogens is 3. The molecule has 1 amide bonds. The van der Waals surface area contributed by atoms with E-state index in [9.17, 15) is 14.9 Å². The van der Waals surface area contributed by atoms with Gasteiger partial charge in [0.2, 0.25) is 0 Å². The Morgan fingerprint density at radius 1 is 1.48 bits per heavy atom. The molecular weight excluding hydrogens is 324 g/mol. The number of nitro benzene ring substituents is 1. The maximum atomic E-state index is 12.2. The lowest BCUT2D eigenvalue weighted by atomic mass is 10.1. The summed E-state index contributed by atoms with van der Waals surface area (Å²) in [6, 6.07) is 4.35. The molecule has 0 radical (unpaired) electrons. The molecule has 1 saturated heterocycles. The van der Waals surface area contributed by atoms with Crippen molar-refractivity contribution in [1.29, 1.82) is 0 Å². The monoisotopic (exact) mass is 338 g/mol. The molecule has 10 heteroatoms. The summed E-state index contributed by atoms with van der Waals surface area (Å²) in [5.74, 6) is -0.318. The van der Waals surface area contributed by atoms with Crippen LogP contribution < -0.4 is 10.6 Å². The first-order valence-electron chi connectivity index (χ1n) is 6.80. The second-order valence-electron chi connectivity index (χ2n) is 4.96. The molecule has 1 atom stereocenters. The number of rotatable bonds is 4. The SMILES string of the molecule is Cl.O=C(NC1CCNC1)c1ccc(-n2cncn2)c([N+](=O)[O-])c1. The van der Waals surface area contributed by atoms with E-state index < -0.39 is 4.92 Å². The number of hydrogen-bond donors (Lipinski definition) is 2. The van der Waals surface area contributed by atoms with Gasteiger partial charge in [0.1, 0.15) is 18.3 Å². The Morgan fingerprint density at radius 2 is 2.30 bits per heavy atom. The zero-order valence-corrected chi connectivity index (χ0v) is 12.8. The van der Waals surface area contributed by atoms with E-state index in [-0.39, 0.29) is 41.3 Å². The molecule has 1 aromatic heterocycles. The molecule has 2 aromatic rings. The molecule has 23 heavy (non-hydrogen) atoms. The zero-order chi connectivity index (χ0) is 15.5. The van der Waals surface area contributed by atoms with E-state index in [4.69, 9.17) is 0 Å². The number of nitro groups is 1. The van der Waals surface area contributed by atoms with E-state index in [1.165, 1.54) is 29.5 Å². The summed E-state index contributed by atoms with van der Waals surface area (Å²) in [4.78, 5) is 26.6. The number of benzene rings is 1. The summed E-state index contributed by atoms with van der Waals surface area (Å²) in [6.45, 7) is 1.57. The summed E-state index contributed by atoms with van der Waals surface area (Å²) in [6.07, 6.45) is 3.51. The number of carbonyl (C=O) groups excluding carboxylic acids is 1. The maximum Gasteiger partial charge on any atom is 0.295 e. The third kappa shape index (κ3) is 3.63. The Hall–Kier alpha value is -2.52. The molecule has 1 aromatic carbocycles. The largest absolute Gasteiger partial charge is 0.348 e. The predicted octanol–water partition coefficient (Wildman–Crippen LogP) is 0.689. The third-order valence-corrected chi connectivity index (χ3v) is 3.50. The number of nitrogens with one attached hydrogen (secondary N) is 2. The van der Waals surface area contributed by atoms with Gasteiger partial charge in [-0.25, -0.2) is 9.67 Å². The molecule has 3 rings (SSSR count). The van der Waals surface area contributed by atoms with Crippen molar-refractivity contribution < 1.29 is 9.72 Å². The van der Waals surface area contributed by atoms with Crippen molar-refractivity contribution in [3.8, 4) is 5.69 Å². The van der Waals surface area contributed by atoms with Gasteiger partial charge in [0.25, 0.3) is 11.6 Å². The van der Waals surface area contributed by atoms with E-state index in [1.54, 1.807) is 6.07 Å². The average Bonchev–Trinajstić information content (AvgIpc) is 3.19. The Morgan fingerprint density at radius 3 is 2.91 bits per heavy atom. The third-order valence-electron chi connectivity index (χ3n) is 3.50. The van der Waals surface area contributed by atoms with E-state index in [2.05, 4.69) is 20.7 Å².